The molecule has 0 atom stereocenters. The molecule has 3 aromatic rings. The van der Waals surface area contributed by atoms with E-state index < -0.39 is 29.6 Å². The normalized spacial score (nSPS) is 16.5. The van der Waals surface area contributed by atoms with Crippen molar-refractivity contribution >= 4 is 39.8 Å². The molecular formula is C26H25F5N4O3S. The van der Waals surface area contributed by atoms with Gasteiger partial charge in [0, 0.05) is 23.6 Å². The predicted octanol–water partition coefficient (Wildman–Crippen LogP) is 5.81. The molecule has 1 amide bonds. The third-order valence-electron chi connectivity index (χ3n) is 5.88. The number of nitrogens with one attached hydrogen (secondary N) is 1. The Morgan fingerprint density at radius 2 is 1.95 bits per heavy atom. The summed E-state index contributed by atoms with van der Waals surface area (Å²) in [4.78, 5) is 16.8. The van der Waals surface area contributed by atoms with Crippen molar-refractivity contribution < 1.29 is 36.6 Å². The van der Waals surface area contributed by atoms with Crippen LogP contribution in [0.4, 0.5) is 26.7 Å². The Labute approximate surface area is 224 Å². The molecule has 0 radical (unpaired) electrons. The summed E-state index contributed by atoms with van der Waals surface area (Å²) >= 11 is 0.985. The van der Waals surface area contributed by atoms with Crippen molar-refractivity contribution in [1.29, 1.82) is 0 Å². The Bertz CT molecular complexity index is 1420. The highest BCUT2D eigenvalue weighted by Crippen LogP contribution is 2.38. The maximum absolute atomic E-state index is 14.6. The van der Waals surface area contributed by atoms with Crippen molar-refractivity contribution in [3.05, 3.63) is 69.8 Å². The Morgan fingerprint density at radius 1 is 1.15 bits per heavy atom. The molecule has 39 heavy (non-hydrogen) atoms. The first kappa shape index (κ1) is 28.7. The fraction of sp³-hybridized carbons (Fsp3) is 0.346. The summed E-state index contributed by atoms with van der Waals surface area (Å²) < 4.78 is 75.3. The van der Waals surface area contributed by atoms with E-state index in [9.17, 15) is 26.7 Å². The third kappa shape index (κ3) is 7.02. The molecule has 1 aromatic heterocycles. The highest BCUT2D eigenvalue weighted by molar-refractivity contribution is 8.18. The molecule has 13 heteroatoms. The van der Waals surface area contributed by atoms with Crippen LogP contribution in [-0.2, 0) is 23.4 Å². The first-order chi connectivity index (χ1) is 18.5. The summed E-state index contributed by atoms with van der Waals surface area (Å²) in [5.74, 6) is -3.03. The molecule has 1 fully saturated rings. The van der Waals surface area contributed by atoms with Crippen LogP contribution < -0.4 is 5.32 Å². The van der Waals surface area contributed by atoms with Crippen molar-refractivity contribution in [1.82, 2.24) is 15.1 Å². The number of halogens is 5. The Hall–Kier alpha value is -3.29. The zero-order chi connectivity index (χ0) is 28.2. The van der Waals surface area contributed by atoms with Gasteiger partial charge in [0.2, 0.25) is 0 Å². The standard InChI is InChI=1S/C26H25F5N4O3S/c1-2-25(27,28)20-13-19(26(29,30)31)5-4-17(20)14-35-15-18-11-16(3-6-21(18)34-35)12-22-23(33-24(37)39-22)32-7-9-38-10-8-36/h3-6,11-13,15,36H,2,7-10,14H2,1H3,(H,32,33,37)/b22-12-. The molecule has 0 spiro atoms. The number of nitrogens with zero attached hydrogens (tertiary/aromatic N) is 3. The SMILES string of the molecule is CCC(F)(F)c1cc(C(F)(F)F)ccc1Cn1cc2cc(/C=C3\SC(=O)NC3=NCCOCCO)ccc2n1. The second-order valence-electron chi connectivity index (χ2n) is 8.66. The summed E-state index contributed by atoms with van der Waals surface area (Å²) in [7, 11) is 0. The van der Waals surface area contributed by atoms with E-state index >= 15 is 0 Å². The number of fused-ring (bicyclic) bond motifs is 1. The number of carbonyl (C=O) groups excluding carboxylic acids is 1. The minimum atomic E-state index is -4.74. The molecule has 4 rings (SSSR count). The first-order valence-corrected chi connectivity index (χ1v) is 12.8. The van der Waals surface area contributed by atoms with Crippen LogP contribution in [0.2, 0.25) is 0 Å². The van der Waals surface area contributed by atoms with Crippen molar-refractivity contribution in [2.24, 2.45) is 4.99 Å². The minimum absolute atomic E-state index is 0.0424. The maximum atomic E-state index is 14.6. The van der Waals surface area contributed by atoms with Crippen molar-refractivity contribution in [2.45, 2.75) is 32.0 Å². The van der Waals surface area contributed by atoms with Gasteiger partial charge in [-0.2, -0.15) is 18.3 Å². The van der Waals surface area contributed by atoms with Gasteiger partial charge in [-0.3, -0.25) is 14.5 Å². The van der Waals surface area contributed by atoms with Gasteiger partial charge < -0.3 is 15.2 Å². The van der Waals surface area contributed by atoms with Crippen LogP contribution in [0.3, 0.4) is 0 Å². The first-order valence-electron chi connectivity index (χ1n) is 12.0. The Morgan fingerprint density at radius 3 is 2.67 bits per heavy atom. The maximum Gasteiger partial charge on any atom is 0.416 e. The molecule has 208 valence electrons. The summed E-state index contributed by atoms with van der Waals surface area (Å²) in [6.07, 6.45) is -1.99. The topological polar surface area (TPSA) is 88.7 Å². The predicted molar refractivity (Wildman–Crippen MR) is 139 cm³/mol. The monoisotopic (exact) mass is 568 g/mol. The number of ether oxygens (including phenoxy) is 1. The number of thioether (sulfide) groups is 1. The molecular weight excluding hydrogens is 543 g/mol. The molecule has 0 bridgehead atoms. The van der Waals surface area contributed by atoms with E-state index in [0.29, 0.717) is 34.3 Å². The Kier molecular flexibility index (Phi) is 8.72. The lowest BCUT2D eigenvalue weighted by atomic mass is 9.96. The summed E-state index contributed by atoms with van der Waals surface area (Å²) in [6.45, 7) is 1.76. The van der Waals surface area contributed by atoms with Gasteiger partial charge >= 0.3 is 6.18 Å². The summed E-state index contributed by atoms with van der Waals surface area (Å²) in [5, 5.41) is 16.2. The number of amidine groups is 1. The fourth-order valence-electron chi connectivity index (χ4n) is 3.95. The lowest BCUT2D eigenvalue weighted by molar-refractivity contribution is -0.137. The van der Waals surface area contributed by atoms with Crippen molar-refractivity contribution in [3.8, 4) is 0 Å². The molecule has 0 aliphatic carbocycles. The quantitative estimate of drug-likeness (QED) is 0.238. The number of aromatic nitrogens is 2. The largest absolute Gasteiger partial charge is 0.416 e. The number of aliphatic hydroxyl groups is 1. The number of benzene rings is 2. The van der Waals surface area contributed by atoms with Gasteiger partial charge in [-0.1, -0.05) is 19.1 Å². The van der Waals surface area contributed by atoms with Crippen LogP contribution in [0.15, 0.2) is 52.5 Å². The number of alkyl halides is 5. The smallest absolute Gasteiger partial charge is 0.394 e. The van der Waals surface area contributed by atoms with Gasteiger partial charge in [-0.15, -0.1) is 0 Å². The summed E-state index contributed by atoms with van der Waals surface area (Å²) in [5.41, 5.74) is -0.459. The average Bonchev–Trinajstić information content (AvgIpc) is 3.44. The zero-order valence-electron chi connectivity index (χ0n) is 20.8. The number of amides is 1. The number of aliphatic imine (C=N–C) groups is 1. The van der Waals surface area contributed by atoms with E-state index in [2.05, 4.69) is 15.4 Å². The van der Waals surface area contributed by atoms with Crippen LogP contribution in [-0.4, -0.2) is 52.3 Å². The number of rotatable bonds is 10. The van der Waals surface area contributed by atoms with Crippen LogP contribution in [0.1, 0.15) is 35.6 Å². The fourth-order valence-corrected chi connectivity index (χ4v) is 4.70. The minimum Gasteiger partial charge on any atom is -0.394 e. The van der Waals surface area contributed by atoms with Gasteiger partial charge in [0.05, 0.1) is 48.9 Å². The van der Waals surface area contributed by atoms with Crippen molar-refractivity contribution in [3.63, 3.8) is 0 Å². The molecule has 1 aliphatic heterocycles. The van der Waals surface area contributed by atoms with Gasteiger partial charge in [-0.05, 0) is 53.2 Å². The molecule has 2 N–H and O–H groups in total. The number of hydrogen-bond donors (Lipinski definition) is 2. The van der Waals surface area contributed by atoms with Crippen LogP contribution in [0.25, 0.3) is 17.0 Å². The number of carbonyl (C=O) groups is 1. The van der Waals surface area contributed by atoms with E-state index in [1.54, 1.807) is 30.5 Å². The van der Waals surface area contributed by atoms with Gasteiger partial charge in [-0.25, -0.2) is 8.78 Å². The molecule has 2 heterocycles. The molecule has 0 unspecified atom stereocenters. The lowest BCUT2D eigenvalue weighted by Gasteiger charge is -2.20. The second kappa shape index (κ2) is 11.8. The van der Waals surface area contributed by atoms with Crippen molar-refractivity contribution in [2.75, 3.05) is 26.4 Å². The zero-order valence-corrected chi connectivity index (χ0v) is 21.6. The molecule has 2 aromatic carbocycles. The van der Waals surface area contributed by atoms with Crippen LogP contribution in [0.5, 0.6) is 0 Å². The number of aliphatic hydroxyl groups excluding tert-OH is 1. The average molecular weight is 569 g/mol. The van der Waals surface area contributed by atoms with Gasteiger partial charge in [0.25, 0.3) is 11.2 Å². The highest BCUT2D eigenvalue weighted by Gasteiger charge is 2.37. The van der Waals surface area contributed by atoms with E-state index in [0.717, 1.165) is 29.5 Å². The number of hydrogen-bond acceptors (Lipinski definition) is 6. The third-order valence-corrected chi connectivity index (χ3v) is 6.70. The molecule has 1 saturated heterocycles. The summed E-state index contributed by atoms with van der Waals surface area (Å²) in [6, 6.07) is 7.67. The molecule has 0 saturated carbocycles. The van der Waals surface area contributed by atoms with E-state index in [4.69, 9.17) is 9.84 Å². The highest BCUT2D eigenvalue weighted by atomic mass is 32.2. The Balaban J connectivity index is 1.58. The molecule has 1 aliphatic rings. The molecule has 7 nitrogen and oxygen atoms in total. The van der Waals surface area contributed by atoms with Crippen LogP contribution >= 0.6 is 11.8 Å². The second-order valence-corrected chi connectivity index (χ2v) is 9.68. The van der Waals surface area contributed by atoms with Gasteiger partial charge in [0.15, 0.2) is 0 Å². The van der Waals surface area contributed by atoms with Gasteiger partial charge in [0.1, 0.15) is 5.84 Å². The lowest BCUT2D eigenvalue weighted by Crippen LogP contribution is -2.20. The van der Waals surface area contributed by atoms with E-state index in [1.165, 1.54) is 11.6 Å². The van der Waals surface area contributed by atoms with Crippen LogP contribution in [0, 0.1) is 0 Å². The van der Waals surface area contributed by atoms with E-state index in [-0.39, 0.29) is 37.2 Å². The van der Waals surface area contributed by atoms with E-state index in [1.807, 2.05) is 0 Å².